The maximum Gasteiger partial charge on any atom is 0.0645 e. The van der Waals surface area contributed by atoms with Gasteiger partial charge in [0.2, 0.25) is 0 Å². The van der Waals surface area contributed by atoms with Crippen molar-refractivity contribution >= 4 is 0 Å². The third kappa shape index (κ3) is 5.14. The predicted octanol–water partition coefficient (Wildman–Crippen LogP) is 1.49. The molecular formula is C5H11N3. The van der Waals surface area contributed by atoms with Crippen LogP contribution in [0.25, 0.3) is 0 Å². The maximum atomic E-state index is 6.34. The van der Waals surface area contributed by atoms with E-state index in [2.05, 4.69) is 17.4 Å². The molecule has 0 atom stereocenters. The average molecular weight is 113 g/mol. The number of hydrogen-bond donors (Lipinski definition) is 2. The van der Waals surface area contributed by atoms with Crippen LogP contribution in [0.15, 0.2) is 17.5 Å². The highest BCUT2D eigenvalue weighted by molar-refractivity contribution is 4.73. The average Bonchev–Trinajstić information content (AvgIpc) is 1.81. The van der Waals surface area contributed by atoms with Crippen LogP contribution in [0.2, 0.25) is 0 Å². The van der Waals surface area contributed by atoms with E-state index in [0.29, 0.717) is 0 Å². The summed E-state index contributed by atoms with van der Waals surface area (Å²) in [6.45, 7) is 3.03. The topological polar surface area (TPSA) is 48.2 Å². The van der Waals surface area contributed by atoms with Crippen molar-refractivity contribution in [1.82, 2.24) is 5.32 Å². The molecule has 0 amide bonds. The summed E-state index contributed by atoms with van der Waals surface area (Å²) < 4.78 is 0. The van der Waals surface area contributed by atoms with Crippen LogP contribution in [-0.4, -0.2) is 6.54 Å². The molecule has 0 fully saturated rings. The van der Waals surface area contributed by atoms with Gasteiger partial charge in [-0.1, -0.05) is 6.92 Å². The van der Waals surface area contributed by atoms with Crippen molar-refractivity contribution in [3.05, 3.63) is 12.4 Å². The van der Waals surface area contributed by atoms with Crippen LogP contribution in [0.1, 0.15) is 13.3 Å². The maximum absolute atomic E-state index is 6.34. The fourth-order valence-corrected chi connectivity index (χ4v) is 0.318. The van der Waals surface area contributed by atoms with Gasteiger partial charge in [0, 0.05) is 12.7 Å². The lowest BCUT2D eigenvalue weighted by Crippen LogP contribution is -2.04. The molecule has 0 spiro atoms. The molecule has 0 saturated carbocycles. The molecule has 3 heteroatoms. The van der Waals surface area contributed by atoms with E-state index in [4.69, 9.17) is 5.53 Å². The van der Waals surface area contributed by atoms with Crippen molar-refractivity contribution in [1.29, 1.82) is 5.53 Å². The van der Waals surface area contributed by atoms with E-state index in [1.54, 1.807) is 6.20 Å². The summed E-state index contributed by atoms with van der Waals surface area (Å²) in [6.07, 6.45) is 4.18. The molecule has 0 aliphatic carbocycles. The smallest absolute Gasteiger partial charge is 0.0645 e. The van der Waals surface area contributed by atoms with Crippen LogP contribution in [0.3, 0.4) is 0 Å². The van der Waals surface area contributed by atoms with Crippen LogP contribution >= 0.6 is 0 Å². The van der Waals surface area contributed by atoms with Crippen molar-refractivity contribution in [2.45, 2.75) is 13.3 Å². The fraction of sp³-hybridized carbons (Fsp3) is 0.600. The van der Waals surface area contributed by atoms with Gasteiger partial charge in [0.15, 0.2) is 0 Å². The first kappa shape index (κ1) is 7.14. The van der Waals surface area contributed by atoms with Gasteiger partial charge < -0.3 is 5.32 Å². The van der Waals surface area contributed by atoms with Crippen LogP contribution < -0.4 is 5.32 Å². The second kappa shape index (κ2) is 6.14. The van der Waals surface area contributed by atoms with Gasteiger partial charge in [-0.15, -0.1) is 0 Å². The largest absolute Gasteiger partial charge is 0.390 e. The first-order valence-electron chi connectivity index (χ1n) is 2.66. The number of hydrogen-bond acceptors (Lipinski definition) is 3. The highest BCUT2D eigenvalue weighted by atomic mass is 14.9. The van der Waals surface area contributed by atoms with E-state index in [-0.39, 0.29) is 0 Å². The molecule has 8 heavy (non-hydrogen) atoms. The third-order valence-electron chi connectivity index (χ3n) is 0.661. The molecule has 0 aliphatic heterocycles. The first-order chi connectivity index (χ1) is 3.91. The van der Waals surface area contributed by atoms with Crippen molar-refractivity contribution in [3.8, 4) is 0 Å². The van der Waals surface area contributed by atoms with Crippen molar-refractivity contribution < 1.29 is 0 Å². The molecule has 2 N–H and O–H groups in total. The molecule has 0 saturated heterocycles. The summed E-state index contributed by atoms with van der Waals surface area (Å²) >= 11 is 0. The van der Waals surface area contributed by atoms with Gasteiger partial charge in [0.25, 0.3) is 0 Å². The zero-order valence-electron chi connectivity index (χ0n) is 5.02. The minimum absolute atomic E-state index is 0.950. The molecule has 0 radical (unpaired) electrons. The Bertz CT molecular complexity index is 77.7. The lowest BCUT2D eigenvalue weighted by Gasteiger charge is -1.90. The van der Waals surface area contributed by atoms with Gasteiger partial charge in [-0.2, -0.15) is 5.11 Å². The monoisotopic (exact) mass is 113 g/mol. The minimum atomic E-state index is 0.950. The van der Waals surface area contributed by atoms with Gasteiger partial charge in [-0.25, -0.2) is 5.53 Å². The summed E-state index contributed by atoms with van der Waals surface area (Å²) in [6, 6.07) is 0. The normalized spacial score (nSPS) is 9.62. The summed E-state index contributed by atoms with van der Waals surface area (Å²) in [5.41, 5.74) is 6.34. The Hall–Kier alpha value is -0.860. The Morgan fingerprint density at radius 3 is 3.00 bits per heavy atom. The van der Waals surface area contributed by atoms with Crippen LogP contribution in [0.5, 0.6) is 0 Å². The molecule has 0 rings (SSSR count). The Morgan fingerprint density at radius 1 is 1.75 bits per heavy atom. The van der Waals surface area contributed by atoms with Crippen molar-refractivity contribution in [2.75, 3.05) is 6.54 Å². The summed E-state index contributed by atoms with van der Waals surface area (Å²) in [4.78, 5) is 0. The fourth-order valence-electron chi connectivity index (χ4n) is 0.318. The zero-order valence-corrected chi connectivity index (χ0v) is 5.02. The molecule has 0 unspecified atom stereocenters. The molecule has 0 heterocycles. The van der Waals surface area contributed by atoms with Gasteiger partial charge in [-0.05, 0) is 6.42 Å². The Balaban J connectivity index is 2.91. The predicted molar refractivity (Wildman–Crippen MR) is 32.6 cm³/mol. The molecule has 0 aromatic rings. The van der Waals surface area contributed by atoms with Crippen molar-refractivity contribution in [2.24, 2.45) is 5.11 Å². The van der Waals surface area contributed by atoms with Gasteiger partial charge in [0.05, 0.1) is 6.20 Å². The first-order valence-corrected chi connectivity index (χ1v) is 2.66. The van der Waals surface area contributed by atoms with E-state index in [1.165, 1.54) is 6.20 Å². The van der Waals surface area contributed by atoms with E-state index < -0.39 is 0 Å². The number of nitrogens with one attached hydrogen (secondary N) is 2. The summed E-state index contributed by atoms with van der Waals surface area (Å²) in [5.74, 6) is 0. The standard InChI is InChI=1S/C5H11N3/c1-2-3-7-4-5-8-6/h4-7H,2-3H2,1H3/b5-4-,8-6?. The number of nitrogens with zero attached hydrogens (tertiary/aromatic N) is 1. The van der Waals surface area contributed by atoms with E-state index in [0.717, 1.165) is 13.0 Å². The molecule has 0 bridgehead atoms. The summed E-state index contributed by atoms with van der Waals surface area (Å²) in [7, 11) is 0. The molecular weight excluding hydrogens is 102 g/mol. The molecule has 0 aliphatic rings. The van der Waals surface area contributed by atoms with Crippen LogP contribution in [0.4, 0.5) is 0 Å². The van der Waals surface area contributed by atoms with E-state index in [1.807, 2.05) is 0 Å². The highest BCUT2D eigenvalue weighted by Crippen LogP contribution is 1.71. The quantitative estimate of drug-likeness (QED) is 0.421. The van der Waals surface area contributed by atoms with E-state index >= 15 is 0 Å². The lowest BCUT2D eigenvalue weighted by molar-refractivity contribution is 0.806. The second-order valence-corrected chi connectivity index (χ2v) is 1.40. The molecule has 3 nitrogen and oxygen atoms in total. The minimum Gasteiger partial charge on any atom is -0.390 e. The van der Waals surface area contributed by atoms with E-state index in [9.17, 15) is 0 Å². The second-order valence-electron chi connectivity index (χ2n) is 1.40. The van der Waals surface area contributed by atoms with Crippen molar-refractivity contribution in [3.63, 3.8) is 0 Å². The number of rotatable bonds is 4. The van der Waals surface area contributed by atoms with Crippen LogP contribution in [-0.2, 0) is 0 Å². The van der Waals surface area contributed by atoms with Gasteiger partial charge >= 0.3 is 0 Å². The SMILES string of the molecule is CCCN/C=C\N=N. The zero-order chi connectivity index (χ0) is 6.24. The van der Waals surface area contributed by atoms with Crippen LogP contribution in [0, 0.1) is 5.53 Å². The molecule has 46 valence electrons. The third-order valence-corrected chi connectivity index (χ3v) is 0.661. The van der Waals surface area contributed by atoms with Gasteiger partial charge in [-0.3, -0.25) is 0 Å². The Labute approximate surface area is 49.3 Å². The van der Waals surface area contributed by atoms with Gasteiger partial charge in [0.1, 0.15) is 0 Å². The molecule has 0 aromatic heterocycles. The Kier molecular flexibility index (Phi) is 5.48. The summed E-state index contributed by atoms with van der Waals surface area (Å²) in [5, 5.41) is 5.96. The highest BCUT2D eigenvalue weighted by Gasteiger charge is 1.69. The Morgan fingerprint density at radius 2 is 2.50 bits per heavy atom. The lowest BCUT2D eigenvalue weighted by atomic mass is 10.5. The molecule has 0 aromatic carbocycles.